The average Bonchev–Trinajstić information content (AvgIpc) is 3.14. The van der Waals surface area contributed by atoms with Gasteiger partial charge in [-0.25, -0.2) is 0 Å². The second-order valence-electron chi connectivity index (χ2n) is 6.14. The molecule has 108 valence electrons. The van der Waals surface area contributed by atoms with Crippen molar-refractivity contribution in [2.75, 3.05) is 19.6 Å². The van der Waals surface area contributed by atoms with Gasteiger partial charge in [0.1, 0.15) is 0 Å². The van der Waals surface area contributed by atoms with Gasteiger partial charge in [-0.3, -0.25) is 4.79 Å². The minimum Gasteiger partial charge on any atom is -0.349 e. The fourth-order valence-electron chi connectivity index (χ4n) is 2.78. The highest BCUT2D eigenvalue weighted by atomic mass is 35.5. The molecule has 2 fully saturated rings. The summed E-state index contributed by atoms with van der Waals surface area (Å²) in [4.78, 5) is 14.9. The number of rotatable bonds is 5. The molecule has 3 nitrogen and oxygen atoms in total. The first-order valence-electron chi connectivity index (χ1n) is 7.38. The van der Waals surface area contributed by atoms with E-state index in [1.165, 1.54) is 19.5 Å². The average molecular weight is 293 g/mol. The van der Waals surface area contributed by atoms with Gasteiger partial charge in [-0.2, -0.15) is 0 Å². The van der Waals surface area contributed by atoms with E-state index < -0.39 is 0 Å². The maximum absolute atomic E-state index is 12.5. The van der Waals surface area contributed by atoms with Gasteiger partial charge in [-0.1, -0.05) is 29.8 Å². The monoisotopic (exact) mass is 292 g/mol. The largest absolute Gasteiger partial charge is 0.349 e. The van der Waals surface area contributed by atoms with Crippen LogP contribution in [0.3, 0.4) is 0 Å². The van der Waals surface area contributed by atoms with Crippen LogP contribution in [0, 0.1) is 0 Å². The Morgan fingerprint density at radius 1 is 1.40 bits per heavy atom. The Morgan fingerprint density at radius 2 is 2.10 bits per heavy atom. The highest BCUT2D eigenvalue weighted by Gasteiger charge is 2.46. The molecule has 0 spiro atoms. The van der Waals surface area contributed by atoms with E-state index in [1.807, 2.05) is 31.2 Å². The minimum atomic E-state index is -0.197. The number of benzene rings is 1. The highest BCUT2D eigenvalue weighted by molar-refractivity contribution is 6.31. The van der Waals surface area contributed by atoms with Crippen molar-refractivity contribution in [3.63, 3.8) is 0 Å². The van der Waals surface area contributed by atoms with Crippen molar-refractivity contribution in [2.24, 2.45) is 0 Å². The van der Waals surface area contributed by atoms with Crippen LogP contribution in [0.5, 0.6) is 0 Å². The third kappa shape index (κ3) is 2.84. The second kappa shape index (κ2) is 5.38. The van der Waals surface area contributed by atoms with E-state index in [0.29, 0.717) is 5.02 Å². The zero-order valence-electron chi connectivity index (χ0n) is 11.9. The van der Waals surface area contributed by atoms with Crippen LogP contribution < -0.4 is 5.32 Å². The number of carbonyl (C=O) groups excluding carboxylic acids is 1. The summed E-state index contributed by atoms with van der Waals surface area (Å²) in [6, 6.07) is 7.59. The lowest BCUT2D eigenvalue weighted by Gasteiger charge is -2.35. The smallest absolute Gasteiger partial charge is 0.227 e. The van der Waals surface area contributed by atoms with Crippen LogP contribution in [0.25, 0.3) is 0 Å². The van der Waals surface area contributed by atoms with Crippen LogP contribution in [0.15, 0.2) is 24.3 Å². The molecule has 1 aliphatic heterocycles. The Morgan fingerprint density at radius 3 is 2.65 bits per heavy atom. The van der Waals surface area contributed by atoms with Crippen molar-refractivity contribution in [3.05, 3.63) is 34.9 Å². The zero-order valence-corrected chi connectivity index (χ0v) is 12.6. The standard InChI is InChI=1S/C16H21ClN2O/c1-12(13-5-2-3-6-14(13)17)15(20)18-16(7-8-16)11-19-9-4-10-19/h2-3,5-6,12H,4,7-11H2,1H3,(H,18,20)/t12-/m1/s1. The molecule has 1 heterocycles. The minimum absolute atomic E-state index is 0.0347. The lowest BCUT2D eigenvalue weighted by atomic mass is 9.99. The third-order valence-electron chi connectivity index (χ3n) is 4.48. The first-order chi connectivity index (χ1) is 9.60. The van der Waals surface area contributed by atoms with E-state index in [9.17, 15) is 4.79 Å². The molecule has 4 heteroatoms. The van der Waals surface area contributed by atoms with Gasteiger partial charge >= 0.3 is 0 Å². The first-order valence-corrected chi connectivity index (χ1v) is 7.76. The summed E-state index contributed by atoms with van der Waals surface area (Å²) in [5.74, 6) is -0.103. The van der Waals surface area contributed by atoms with E-state index >= 15 is 0 Å². The molecule has 0 aromatic heterocycles. The van der Waals surface area contributed by atoms with E-state index in [-0.39, 0.29) is 17.4 Å². The van der Waals surface area contributed by atoms with Crippen LogP contribution in [0.1, 0.15) is 37.7 Å². The summed E-state index contributed by atoms with van der Waals surface area (Å²) in [6.07, 6.45) is 3.50. The lowest BCUT2D eigenvalue weighted by molar-refractivity contribution is -0.123. The van der Waals surface area contributed by atoms with Gasteiger partial charge in [0.15, 0.2) is 0 Å². The van der Waals surface area contributed by atoms with Crippen molar-refractivity contribution >= 4 is 17.5 Å². The fraction of sp³-hybridized carbons (Fsp3) is 0.562. The van der Waals surface area contributed by atoms with Gasteiger partial charge in [0.2, 0.25) is 5.91 Å². The molecule has 1 amide bonds. The lowest BCUT2D eigenvalue weighted by Crippen LogP contribution is -2.50. The molecule has 20 heavy (non-hydrogen) atoms. The molecule has 3 rings (SSSR count). The third-order valence-corrected chi connectivity index (χ3v) is 4.83. The Hall–Kier alpha value is -1.06. The number of nitrogens with one attached hydrogen (secondary N) is 1. The van der Waals surface area contributed by atoms with Crippen LogP contribution in [-0.2, 0) is 4.79 Å². The van der Waals surface area contributed by atoms with Crippen LogP contribution in [0.4, 0.5) is 0 Å². The van der Waals surface area contributed by atoms with Crippen LogP contribution >= 0.6 is 11.6 Å². The van der Waals surface area contributed by atoms with Crippen molar-refractivity contribution in [2.45, 2.75) is 37.6 Å². The molecular formula is C16H21ClN2O. The van der Waals surface area contributed by atoms with Gasteiger partial charge in [0.05, 0.1) is 11.5 Å². The number of halogens is 1. The molecule has 0 unspecified atom stereocenters. The molecule has 0 radical (unpaired) electrons. The van der Waals surface area contributed by atoms with Gasteiger partial charge < -0.3 is 10.2 Å². The molecule has 1 aromatic carbocycles. The maximum Gasteiger partial charge on any atom is 0.227 e. The fourth-order valence-corrected chi connectivity index (χ4v) is 3.08. The number of likely N-dealkylation sites (tertiary alicyclic amines) is 1. The van der Waals surface area contributed by atoms with Gasteiger partial charge in [0.25, 0.3) is 0 Å². The molecule has 1 saturated carbocycles. The highest BCUT2D eigenvalue weighted by Crippen LogP contribution is 2.38. The summed E-state index contributed by atoms with van der Waals surface area (Å²) in [5, 5.41) is 3.92. The van der Waals surface area contributed by atoms with Gasteiger partial charge in [0, 0.05) is 11.6 Å². The predicted octanol–water partition coefficient (Wildman–Crippen LogP) is 2.80. The van der Waals surface area contributed by atoms with Crippen LogP contribution in [-0.4, -0.2) is 36.0 Å². The van der Waals surface area contributed by atoms with Crippen molar-refractivity contribution in [1.82, 2.24) is 10.2 Å². The van der Waals surface area contributed by atoms with Gasteiger partial charge in [-0.15, -0.1) is 0 Å². The Bertz CT molecular complexity index is 509. The van der Waals surface area contributed by atoms with E-state index in [1.54, 1.807) is 0 Å². The number of amides is 1. The Labute approximate surface area is 125 Å². The number of hydrogen-bond acceptors (Lipinski definition) is 2. The van der Waals surface area contributed by atoms with E-state index in [4.69, 9.17) is 11.6 Å². The summed E-state index contributed by atoms with van der Waals surface area (Å²) < 4.78 is 0. The molecule has 1 N–H and O–H groups in total. The summed E-state index contributed by atoms with van der Waals surface area (Å²) in [6.45, 7) is 5.29. The van der Waals surface area contributed by atoms with E-state index in [0.717, 1.165) is 24.9 Å². The summed E-state index contributed by atoms with van der Waals surface area (Å²) >= 11 is 6.18. The molecule has 1 atom stereocenters. The molecular weight excluding hydrogens is 272 g/mol. The Balaban J connectivity index is 1.62. The first kappa shape index (κ1) is 13.9. The Kier molecular flexibility index (Phi) is 3.74. The van der Waals surface area contributed by atoms with Crippen molar-refractivity contribution in [3.8, 4) is 0 Å². The van der Waals surface area contributed by atoms with Crippen LogP contribution in [0.2, 0.25) is 5.02 Å². The predicted molar refractivity (Wildman–Crippen MR) is 81.0 cm³/mol. The number of nitrogens with zero attached hydrogens (tertiary/aromatic N) is 1. The van der Waals surface area contributed by atoms with Crippen molar-refractivity contribution in [1.29, 1.82) is 0 Å². The number of carbonyl (C=O) groups is 1. The second-order valence-corrected chi connectivity index (χ2v) is 6.55. The molecule has 2 aliphatic rings. The zero-order chi connectivity index (χ0) is 14.2. The summed E-state index contributed by atoms with van der Waals surface area (Å²) in [7, 11) is 0. The molecule has 0 bridgehead atoms. The van der Waals surface area contributed by atoms with Gasteiger partial charge in [-0.05, 0) is 50.9 Å². The molecule has 1 aromatic rings. The molecule has 1 saturated heterocycles. The summed E-state index contributed by atoms with van der Waals surface area (Å²) in [5.41, 5.74) is 0.943. The molecule has 1 aliphatic carbocycles. The number of hydrogen-bond donors (Lipinski definition) is 1. The normalized spacial score (nSPS) is 21.9. The van der Waals surface area contributed by atoms with Crippen molar-refractivity contribution < 1.29 is 4.79 Å². The maximum atomic E-state index is 12.5. The quantitative estimate of drug-likeness (QED) is 0.905. The SMILES string of the molecule is C[C@@H](C(=O)NC1(CN2CCC2)CC1)c1ccccc1Cl. The van der Waals surface area contributed by atoms with E-state index in [2.05, 4.69) is 10.2 Å². The topological polar surface area (TPSA) is 32.3 Å².